The van der Waals surface area contributed by atoms with Crippen LogP contribution in [0.1, 0.15) is 43.7 Å². The van der Waals surface area contributed by atoms with Crippen LogP contribution in [-0.2, 0) is 20.9 Å². The van der Waals surface area contributed by atoms with Gasteiger partial charge in [0.25, 0.3) is 0 Å². The first kappa shape index (κ1) is 20.9. The van der Waals surface area contributed by atoms with E-state index in [9.17, 15) is 9.59 Å². The fourth-order valence-corrected chi connectivity index (χ4v) is 3.79. The Balaban J connectivity index is 1.65. The fraction of sp³-hybridized carbons (Fsp3) is 0.417. The summed E-state index contributed by atoms with van der Waals surface area (Å²) < 4.78 is 10.8. The van der Waals surface area contributed by atoms with E-state index in [2.05, 4.69) is 0 Å². The number of methoxy groups -OCH3 is 1. The third-order valence-corrected chi connectivity index (χ3v) is 5.31. The highest BCUT2D eigenvalue weighted by Crippen LogP contribution is 2.32. The first-order valence-electron chi connectivity index (χ1n) is 10.1. The molecule has 154 valence electrons. The molecule has 29 heavy (non-hydrogen) atoms. The van der Waals surface area contributed by atoms with Gasteiger partial charge in [0, 0.05) is 6.54 Å². The van der Waals surface area contributed by atoms with Crippen LogP contribution in [0.5, 0.6) is 5.75 Å². The lowest BCUT2D eigenvalue weighted by atomic mass is 9.97. The average molecular weight is 395 g/mol. The van der Waals surface area contributed by atoms with E-state index in [0.717, 1.165) is 16.9 Å². The van der Waals surface area contributed by atoms with Crippen molar-refractivity contribution in [2.75, 3.05) is 13.7 Å². The van der Waals surface area contributed by atoms with E-state index < -0.39 is 6.04 Å². The van der Waals surface area contributed by atoms with Crippen LogP contribution in [0, 0.1) is 5.92 Å². The van der Waals surface area contributed by atoms with Crippen LogP contribution >= 0.6 is 0 Å². The van der Waals surface area contributed by atoms with Crippen LogP contribution in [-0.4, -0.2) is 36.5 Å². The highest BCUT2D eigenvalue weighted by atomic mass is 16.5. The van der Waals surface area contributed by atoms with Crippen molar-refractivity contribution >= 4 is 11.9 Å². The SMILES string of the molecule is COC(=O)[C@H](CC(C)C)N1CC[C@@H](c2ccc(OCc3ccccc3)cc2)C1=O. The number of esters is 1. The zero-order valence-corrected chi connectivity index (χ0v) is 17.3. The van der Waals surface area contributed by atoms with Gasteiger partial charge in [-0.25, -0.2) is 4.79 Å². The number of nitrogens with zero attached hydrogens (tertiary/aromatic N) is 1. The Kier molecular flexibility index (Phi) is 6.91. The van der Waals surface area contributed by atoms with E-state index in [4.69, 9.17) is 9.47 Å². The predicted molar refractivity (Wildman–Crippen MR) is 112 cm³/mol. The summed E-state index contributed by atoms with van der Waals surface area (Å²) in [4.78, 5) is 26.9. The van der Waals surface area contributed by atoms with Gasteiger partial charge in [0.2, 0.25) is 5.91 Å². The summed E-state index contributed by atoms with van der Waals surface area (Å²) in [6, 6.07) is 17.2. The summed E-state index contributed by atoms with van der Waals surface area (Å²) >= 11 is 0. The Morgan fingerprint density at radius 3 is 2.41 bits per heavy atom. The van der Waals surface area contributed by atoms with Crippen LogP contribution in [0.4, 0.5) is 0 Å². The van der Waals surface area contributed by atoms with Gasteiger partial charge in [-0.15, -0.1) is 0 Å². The molecule has 5 nitrogen and oxygen atoms in total. The minimum absolute atomic E-state index is 0.000922. The van der Waals surface area contributed by atoms with Crippen molar-refractivity contribution < 1.29 is 19.1 Å². The van der Waals surface area contributed by atoms with Crippen LogP contribution < -0.4 is 4.74 Å². The van der Waals surface area contributed by atoms with Crippen molar-refractivity contribution in [2.45, 2.75) is 45.3 Å². The quantitative estimate of drug-likeness (QED) is 0.630. The van der Waals surface area contributed by atoms with E-state index >= 15 is 0 Å². The highest BCUT2D eigenvalue weighted by molar-refractivity contribution is 5.90. The highest BCUT2D eigenvalue weighted by Gasteiger charge is 2.40. The van der Waals surface area contributed by atoms with Crippen molar-refractivity contribution in [2.24, 2.45) is 5.92 Å². The topological polar surface area (TPSA) is 55.8 Å². The van der Waals surface area contributed by atoms with Gasteiger partial charge < -0.3 is 14.4 Å². The van der Waals surface area contributed by atoms with Crippen molar-refractivity contribution in [1.29, 1.82) is 0 Å². The number of amides is 1. The smallest absolute Gasteiger partial charge is 0.328 e. The number of carbonyl (C=O) groups is 2. The van der Waals surface area contributed by atoms with Gasteiger partial charge in [-0.05, 0) is 42.0 Å². The number of carbonyl (C=O) groups excluding carboxylic acids is 2. The Bertz CT molecular complexity index is 817. The second-order valence-electron chi connectivity index (χ2n) is 7.88. The molecule has 2 atom stereocenters. The third kappa shape index (κ3) is 5.17. The second-order valence-corrected chi connectivity index (χ2v) is 7.88. The Morgan fingerprint density at radius 1 is 1.10 bits per heavy atom. The maximum absolute atomic E-state index is 13.0. The number of hydrogen-bond donors (Lipinski definition) is 0. The molecule has 0 aromatic heterocycles. The lowest BCUT2D eigenvalue weighted by molar-refractivity contribution is -0.152. The molecule has 2 aromatic rings. The van der Waals surface area contributed by atoms with Crippen LogP contribution in [0.15, 0.2) is 54.6 Å². The maximum Gasteiger partial charge on any atom is 0.328 e. The van der Waals surface area contributed by atoms with E-state index in [1.54, 1.807) is 4.90 Å². The molecule has 0 aliphatic carbocycles. The van der Waals surface area contributed by atoms with Gasteiger partial charge in [-0.2, -0.15) is 0 Å². The zero-order valence-electron chi connectivity index (χ0n) is 17.3. The number of rotatable bonds is 8. The molecule has 0 unspecified atom stereocenters. The molecule has 5 heteroatoms. The van der Waals surface area contributed by atoms with Gasteiger partial charge in [0.1, 0.15) is 18.4 Å². The summed E-state index contributed by atoms with van der Waals surface area (Å²) in [6.07, 6.45) is 1.31. The first-order valence-corrected chi connectivity index (χ1v) is 10.1. The lowest BCUT2D eigenvalue weighted by Gasteiger charge is -2.27. The largest absolute Gasteiger partial charge is 0.489 e. The molecule has 1 aliphatic rings. The van der Waals surface area contributed by atoms with Gasteiger partial charge in [0.05, 0.1) is 13.0 Å². The van der Waals surface area contributed by atoms with Crippen molar-refractivity contribution in [3.05, 3.63) is 65.7 Å². The van der Waals surface area contributed by atoms with E-state index in [1.165, 1.54) is 7.11 Å². The molecule has 0 N–H and O–H groups in total. The molecule has 3 rings (SSSR count). The molecule has 0 spiro atoms. The van der Waals surface area contributed by atoms with Crippen LogP contribution in [0.3, 0.4) is 0 Å². The summed E-state index contributed by atoms with van der Waals surface area (Å²) in [7, 11) is 1.38. The van der Waals surface area contributed by atoms with E-state index in [0.29, 0.717) is 31.9 Å². The van der Waals surface area contributed by atoms with Crippen LogP contribution in [0.25, 0.3) is 0 Å². The molecule has 1 saturated heterocycles. The van der Waals surface area contributed by atoms with Gasteiger partial charge in [-0.1, -0.05) is 56.3 Å². The molecule has 0 radical (unpaired) electrons. The summed E-state index contributed by atoms with van der Waals surface area (Å²) in [6.45, 7) is 5.17. The van der Waals surface area contributed by atoms with Crippen LogP contribution in [0.2, 0.25) is 0 Å². The molecular formula is C24H29NO4. The zero-order chi connectivity index (χ0) is 20.8. The van der Waals surface area contributed by atoms with E-state index in [1.807, 2.05) is 68.4 Å². The lowest BCUT2D eigenvalue weighted by Crippen LogP contribution is -2.44. The van der Waals surface area contributed by atoms with Crippen molar-refractivity contribution in [3.8, 4) is 5.75 Å². The minimum atomic E-state index is -0.508. The molecule has 1 heterocycles. The molecule has 0 bridgehead atoms. The fourth-order valence-electron chi connectivity index (χ4n) is 3.79. The Hall–Kier alpha value is -2.82. The molecular weight excluding hydrogens is 366 g/mol. The predicted octanol–water partition coefficient (Wildman–Crippen LogP) is 4.17. The second kappa shape index (κ2) is 9.59. The maximum atomic E-state index is 13.0. The average Bonchev–Trinajstić information content (AvgIpc) is 3.12. The van der Waals surface area contributed by atoms with E-state index in [-0.39, 0.29) is 17.8 Å². The molecule has 1 amide bonds. The molecule has 1 fully saturated rings. The number of ether oxygens (including phenoxy) is 2. The minimum Gasteiger partial charge on any atom is -0.489 e. The first-order chi connectivity index (χ1) is 14.0. The number of likely N-dealkylation sites (tertiary alicyclic amines) is 1. The molecule has 2 aromatic carbocycles. The summed E-state index contributed by atoms with van der Waals surface area (Å²) in [5.74, 6) is 0.507. The third-order valence-electron chi connectivity index (χ3n) is 5.31. The van der Waals surface area contributed by atoms with Crippen molar-refractivity contribution in [3.63, 3.8) is 0 Å². The standard InChI is InChI=1S/C24H29NO4/c1-17(2)15-22(24(27)28-3)25-14-13-21(23(25)26)19-9-11-20(12-10-19)29-16-18-7-5-4-6-8-18/h4-12,17,21-22H,13-16H2,1-3H3/t21-,22-/m0/s1. The van der Waals surface area contributed by atoms with Gasteiger partial charge in [0.15, 0.2) is 0 Å². The summed E-state index contributed by atoms with van der Waals surface area (Å²) in [5, 5.41) is 0. The summed E-state index contributed by atoms with van der Waals surface area (Å²) in [5.41, 5.74) is 2.06. The Labute approximate surface area is 172 Å². The van der Waals surface area contributed by atoms with Gasteiger partial charge >= 0.3 is 5.97 Å². The van der Waals surface area contributed by atoms with Gasteiger partial charge in [-0.3, -0.25) is 4.79 Å². The number of benzene rings is 2. The molecule has 1 aliphatic heterocycles. The Morgan fingerprint density at radius 2 is 1.79 bits per heavy atom. The normalized spacial score (nSPS) is 17.4. The van der Waals surface area contributed by atoms with Crippen molar-refractivity contribution in [1.82, 2.24) is 4.90 Å². The molecule has 0 saturated carbocycles. The monoisotopic (exact) mass is 395 g/mol. The number of hydrogen-bond acceptors (Lipinski definition) is 4.